The standard InChI is InChI=1S/C11H11FO4/c1-6-3-2-4-8(12)10(6)7(11(15)16)5-9(13)14/h2-4,7H,5H2,1H3,(H,13,14)(H,15,16). The fraction of sp³-hybridized carbons (Fsp3) is 0.273. The summed E-state index contributed by atoms with van der Waals surface area (Å²) in [5.74, 6) is -4.64. The summed E-state index contributed by atoms with van der Waals surface area (Å²) in [6, 6.07) is 4.13. The van der Waals surface area contributed by atoms with Gasteiger partial charge in [0.25, 0.3) is 0 Å². The number of hydrogen-bond acceptors (Lipinski definition) is 2. The lowest BCUT2D eigenvalue weighted by molar-refractivity contribution is -0.145. The molecule has 1 aromatic rings. The van der Waals surface area contributed by atoms with E-state index in [1.165, 1.54) is 6.07 Å². The van der Waals surface area contributed by atoms with Crippen LogP contribution in [0.2, 0.25) is 0 Å². The predicted molar refractivity (Wildman–Crippen MR) is 53.8 cm³/mol. The van der Waals surface area contributed by atoms with Gasteiger partial charge in [0.15, 0.2) is 0 Å². The minimum Gasteiger partial charge on any atom is -0.481 e. The maximum atomic E-state index is 13.5. The van der Waals surface area contributed by atoms with Gasteiger partial charge in [-0.25, -0.2) is 4.39 Å². The molecular formula is C11H11FO4. The Morgan fingerprint density at radius 3 is 2.44 bits per heavy atom. The molecule has 0 saturated heterocycles. The summed E-state index contributed by atoms with van der Waals surface area (Å²) in [4.78, 5) is 21.4. The van der Waals surface area contributed by atoms with Crippen LogP contribution in [0, 0.1) is 12.7 Å². The molecule has 0 spiro atoms. The van der Waals surface area contributed by atoms with Gasteiger partial charge >= 0.3 is 11.9 Å². The lowest BCUT2D eigenvalue weighted by Crippen LogP contribution is -2.18. The van der Waals surface area contributed by atoms with Gasteiger partial charge in [0.1, 0.15) is 5.82 Å². The van der Waals surface area contributed by atoms with Gasteiger partial charge < -0.3 is 10.2 Å². The van der Waals surface area contributed by atoms with E-state index in [4.69, 9.17) is 10.2 Å². The van der Waals surface area contributed by atoms with Gasteiger partial charge in [0.05, 0.1) is 12.3 Å². The minimum absolute atomic E-state index is 0.0580. The summed E-state index contributed by atoms with van der Waals surface area (Å²) in [7, 11) is 0. The number of aliphatic carboxylic acids is 2. The maximum absolute atomic E-state index is 13.5. The molecule has 0 aliphatic heterocycles. The molecule has 0 bridgehead atoms. The smallest absolute Gasteiger partial charge is 0.311 e. The van der Waals surface area contributed by atoms with Crippen molar-refractivity contribution in [3.63, 3.8) is 0 Å². The number of aryl methyl sites for hydroxylation is 1. The van der Waals surface area contributed by atoms with Gasteiger partial charge in [-0.1, -0.05) is 12.1 Å². The molecule has 1 unspecified atom stereocenters. The Kier molecular flexibility index (Phi) is 3.60. The summed E-state index contributed by atoms with van der Waals surface area (Å²) < 4.78 is 13.5. The summed E-state index contributed by atoms with van der Waals surface area (Å²) in [6.07, 6.45) is -0.628. The van der Waals surface area contributed by atoms with E-state index in [-0.39, 0.29) is 5.56 Å². The van der Waals surface area contributed by atoms with Crippen molar-refractivity contribution in [3.05, 3.63) is 35.1 Å². The Hall–Kier alpha value is -1.91. The van der Waals surface area contributed by atoms with Crippen molar-refractivity contribution >= 4 is 11.9 Å². The first-order valence-electron chi connectivity index (χ1n) is 4.63. The zero-order chi connectivity index (χ0) is 12.3. The molecule has 0 saturated carbocycles. The Labute approximate surface area is 91.3 Å². The third-order valence-electron chi connectivity index (χ3n) is 2.30. The molecule has 4 nitrogen and oxygen atoms in total. The van der Waals surface area contributed by atoms with Gasteiger partial charge in [-0.2, -0.15) is 0 Å². The summed E-state index contributed by atoms with van der Waals surface area (Å²) in [6.45, 7) is 1.55. The SMILES string of the molecule is Cc1cccc(F)c1C(CC(=O)O)C(=O)O. The van der Waals surface area contributed by atoms with Gasteiger partial charge in [0.2, 0.25) is 0 Å². The van der Waals surface area contributed by atoms with Crippen molar-refractivity contribution in [2.75, 3.05) is 0 Å². The highest BCUT2D eigenvalue weighted by Crippen LogP contribution is 2.26. The Morgan fingerprint density at radius 1 is 1.38 bits per heavy atom. The average molecular weight is 226 g/mol. The minimum atomic E-state index is -1.35. The first-order chi connectivity index (χ1) is 7.43. The normalized spacial score (nSPS) is 12.1. The third-order valence-corrected chi connectivity index (χ3v) is 2.30. The molecule has 0 amide bonds. The fourth-order valence-corrected chi connectivity index (χ4v) is 1.57. The quantitative estimate of drug-likeness (QED) is 0.820. The van der Waals surface area contributed by atoms with Crippen LogP contribution in [0.5, 0.6) is 0 Å². The molecule has 86 valence electrons. The molecule has 16 heavy (non-hydrogen) atoms. The molecular weight excluding hydrogens is 215 g/mol. The second-order valence-electron chi connectivity index (χ2n) is 3.46. The third kappa shape index (κ3) is 2.56. The van der Waals surface area contributed by atoms with Gasteiger partial charge in [0, 0.05) is 5.56 Å². The topological polar surface area (TPSA) is 74.6 Å². The van der Waals surface area contributed by atoms with Crippen molar-refractivity contribution in [2.45, 2.75) is 19.3 Å². The van der Waals surface area contributed by atoms with E-state index in [2.05, 4.69) is 0 Å². The molecule has 0 aliphatic rings. The molecule has 1 rings (SSSR count). The Balaban J connectivity index is 3.20. The molecule has 0 fully saturated rings. The molecule has 0 heterocycles. The molecule has 5 heteroatoms. The van der Waals surface area contributed by atoms with E-state index >= 15 is 0 Å². The summed E-state index contributed by atoms with van der Waals surface area (Å²) >= 11 is 0. The predicted octanol–water partition coefficient (Wildman–Crippen LogP) is 1.78. The molecule has 0 radical (unpaired) electrons. The molecule has 0 aliphatic carbocycles. The number of halogens is 1. The van der Waals surface area contributed by atoms with Crippen LogP contribution in [0.25, 0.3) is 0 Å². The lowest BCUT2D eigenvalue weighted by Gasteiger charge is -2.13. The van der Waals surface area contributed by atoms with E-state index in [0.29, 0.717) is 5.56 Å². The van der Waals surface area contributed by atoms with E-state index < -0.39 is 30.1 Å². The Morgan fingerprint density at radius 2 is 2.00 bits per heavy atom. The van der Waals surface area contributed by atoms with Gasteiger partial charge in [-0.3, -0.25) is 9.59 Å². The van der Waals surface area contributed by atoms with E-state index in [0.717, 1.165) is 6.07 Å². The number of carbonyl (C=O) groups is 2. The van der Waals surface area contributed by atoms with E-state index in [1.807, 2.05) is 0 Å². The number of carboxylic acid groups (broad SMARTS) is 2. The lowest BCUT2D eigenvalue weighted by atomic mass is 9.91. The zero-order valence-electron chi connectivity index (χ0n) is 8.61. The molecule has 1 atom stereocenters. The van der Waals surface area contributed by atoms with Crippen LogP contribution >= 0.6 is 0 Å². The highest BCUT2D eigenvalue weighted by Gasteiger charge is 2.27. The fourth-order valence-electron chi connectivity index (χ4n) is 1.57. The average Bonchev–Trinajstić information content (AvgIpc) is 2.15. The maximum Gasteiger partial charge on any atom is 0.311 e. The van der Waals surface area contributed by atoms with Crippen LogP contribution < -0.4 is 0 Å². The summed E-state index contributed by atoms with van der Waals surface area (Å²) in [5.41, 5.74) is 0.381. The largest absolute Gasteiger partial charge is 0.481 e. The number of hydrogen-bond donors (Lipinski definition) is 2. The molecule has 1 aromatic carbocycles. The summed E-state index contributed by atoms with van der Waals surface area (Å²) in [5, 5.41) is 17.5. The Bertz CT molecular complexity index is 408. The number of rotatable bonds is 4. The van der Waals surface area contributed by atoms with Crippen molar-refractivity contribution in [1.82, 2.24) is 0 Å². The second-order valence-corrected chi connectivity index (χ2v) is 3.46. The second kappa shape index (κ2) is 4.74. The van der Waals surface area contributed by atoms with E-state index in [1.54, 1.807) is 13.0 Å². The van der Waals surface area contributed by atoms with E-state index in [9.17, 15) is 14.0 Å². The van der Waals surface area contributed by atoms with Crippen molar-refractivity contribution in [1.29, 1.82) is 0 Å². The highest BCUT2D eigenvalue weighted by molar-refractivity contribution is 5.82. The van der Waals surface area contributed by atoms with Crippen LogP contribution in [-0.2, 0) is 9.59 Å². The van der Waals surface area contributed by atoms with Crippen molar-refractivity contribution in [3.8, 4) is 0 Å². The zero-order valence-corrected chi connectivity index (χ0v) is 8.61. The van der Waals surface area contributed by atoms with Crippen molar-refractivity contribution in [2.24, 2.45) is 0 Å². The first-order valence-corrected chi connectivity index (χ1v) is 4.63. The van der Waals surface area contributed by atoms with Crippen LogP contribution in [0.3, 0.4) is 0 Å². The van der Waals surface area contributed by atoms with Crippen LogP contribution in [0.15, 0.2) is 18.2 Å². The number of carboxylic acids is 2. The molecule has 0 aromatic heterocycles. The number of benzene rings is 1. The van der Waals surface area contributed by atoms with Gasteiger partial charge in [-0.05, 0) is 18.6 Å². The van der Waals surface area contributed by atoms with Crippen LogP contribution in [-0.4, -0.2) is 22.2 Å². The van der Waals surface area contributed by atoms with Gasteiger partial charge in [-0.15, -0.1) is 0 Å². The highest BCUT2D eigenvalue weighted by atomic mass is 19.1. The van der Waals surface area contributed by atoms with Crippen LogP contribution in [0.4, 0.5) is 4.39 Å². The monoisotopic (exact) mass is 226 g/mol. The van der Waals surface area contributed by atoms with Crippen molar-refractivity contribution < 1.29 is 24.2 Å². The first kappa shape index (κ1) is 12.2. The molecule has 2 N–H and O–H groups in total. The van der Waals surface area contributed by atoms with Crippen LogP contribution in [0.1, 0.15) is 23.5 Å².